The summed E-state index contributed by atoms with van der Waals surface area (Å²) in [6.45, 7) is 5.69. The normalized spacial score (nSPS) is 11.4. The number of carbonyl (C=O) groups is 2. The fourth-order valence-corrected chi connectivity index (χ4v) is 2.32. The predicted molar refractivity (Wildman–Crippen MR) is 90.6 cm³/mol. The number of halogens is 2. The molecule has 1 aromatic heterocycles. The van der Waals surface area contributed by atoms with Gasteiger partial charge in [0, 0.05) is 19.3 Å². The number of benzene rings is 1. The zero-order chi connectivity index (χ0) is 19.5. The van der Waals surface area contributed by atoms with Crippen LogP contribution in [0.15, 0.2) is 30.6 Å². The molecule has 0 radical (unpaired) electrons. The van der Waals surface area contributed by atoms with E-state index >= 15 is 0 Å². The summed E-state index contributed by atoms with van der Waals surface area (Å²) in [6, 6.07) is 3.33. The molecule has 2 rings (SSSR count). The second-order valence-electron chi connectivity index (χ2n) is 6.96. The highest BCUT2D eigenvalue weighted by Gasteiger charge is 2.22. The summed E-state index contributed by atoms with van der Waals surface area (Å²) in [5, 5.41) is 13.1. The van der Waals surface area contributed by atoms with E-state index in [9.17, 15) is 18.4 Å². The molecule has 0 spiro atoms. The van der Waals surface area contributed by atoms with Crippen LogP contribution in [0.4, 0.5) is 8.78 Å². The van der Waals surface area contributed by atoms with Gasteiger partial charge in [-0.15, -0.1) is 0 Å². The lowest BCUT2D eigenvalue weighted by Crippen LogP contribution is -2.32. The number of aromatic nitrogens is 2. The number of nitrogens with zero attached hydrogens (tertiary/aromatic N) is 3. The molecule has 1 aromatic carbocycles. The molecule has 140 valence electrons. The number of hydrogen-bond acceptors (Lipinski definition) is 3. The number of aliphatic carboxylic acids is 1. The zero-order valence-electron chi connectivity index (χ0n) is 14.9. The van der Waals surface area contributed by atoms with Crippen LogP contribution in [0.2, 0.25) is 0 Å². The highest BCUT2D eigenvalue weighted by molar-refractivity contribution is 5.93. The maximum Gasteiger partial charge on any atom is 0.305 e. The van der Waals surface area contributed by atoms with Crippen molar-refractivity contribution in [3.63, 3.8) is 0 Å². The summed E-state index contributed by atoms with van der Waals surface area (Å²) in [5.74, 6) is -3.48. The van der Waals surface area contributed by atoms with Crippen molar-refractivity contribution in [1.29, 1.82) is 0 Å². The first-order valence-electron chi connectivity index (χ1n) is 8.08. The Labute approximate surface area is 150 Å². The van der Waals surface area contributed by atoms with Crippen LogP contribution in [0.1, 0.15) is 43.1 Å². The van der Waals surface area contributed by atoms with Crippen molar-refractivity contribution in [3.05, 3.63) is 53.4 Å². The molecule has 8 heteroatoms. The van der Waals surface area contributed by atoms with Gasteiger partial charge >= 0.3 is 5.97 Å². The monoisotopic (exact) mass is 365 g/mol. The molecular formula is C18H21F2N3O3. The summed E-state index contributed by atoms with van der Waals surface area (Å²) in [7, 11) is 0. The molecule has 0 bridgehead atoms. The lowest BCUT2D eigenvalue weighted by atomic mass is 10.1. The average molecular weight is 365 g/mol. The molecule has 1 amide bonds. The van der Waals surface area contributed by atoms with E-state index in [4.69, 9.17) is 5.11 Å². The molecule has 0 saturated carbocycles. The van der Waals surface area contributed by atoms with Gasteiger partial charge < -0.3 is 10.0 Å². The maximum absolute atomic E-state index is 13.4. The minimum absolute atomic E-state index is 0.0377. The van der Waals surface area contributed by atoms with E-state index in [2.05, 4.69) is 5.10 Å². The van der Waals surface area contributed by atoms with Crippen LogP contribution < -0.4 is 0 Å². The molecule has 0 saturated heterocycles. The molecule has 6 nitrogen and oxygen atoms in total. The third kappa shape index (κ3) is 4.87. The van der Waals surface area contributed by atoms with Gasteiger partial charge in [-0.25, -0.2) is 8.78 Å². The zero-order valence-corrected chi connectivity index (χ0v) is 14.9. The lowest BCUT2D eigenvalue weighted by molar-refractivity contribution is -0.137. The number of amides is 1. The summed E-state index contributed by atoms with van der Waals surface area (Å²) >= 11 is 0. The first-order valence-corrected chi connectivity index (χ1v) is 8.08. The fourth-order valence-electron chi connectivity index (χ4n) is 2.32. The molecule has 0 aliphatic carbocycles. The quantitative estimate of drug-likeness (QED) is 0.854. The highest BCUT2D eigenvalue weighted by atomic mass is 19.2. The Morgan fingerprint density at radius 3 is 2.46 bits per heavy atom. The summed E-state index contributed by atoms with van der Waals surface area (Å²) in [4.78, 5) is 24.9. The van der Waals surface area contributed by atoms with E-state index in [1.54, 1.807) is 10.9 Å². The van der Waals surface area contributed by atoms with Crippen molar-refractivity contribution in [3.8, 4) is 0 Å². The Balaban J connectivity index is 2.25. The average Bonchev–Trinajstić information content (AvgIpc) is 3.04. The first kappa shape index (κ1) is 19.6. The van der Waals surface area contributed by atoms with Gasteiger partial charge in [-0.2, -0.15) is 5.10 Å². The van der Waals surface area contributed by atoms with Gasteiger partial charge in [0.25, 0.3) is 5.91 Å². The Hall–Kier alpha value is -2.77. The predicted octanol–water partition coefficient (Wildman–Crippen LogP) is 3.03. The lowest BCUT2D eigenvalue weighted by Gasteiger charge is -2.22. The van der Waals surface area contributed by atoms with Gasteiger partial charge in [0.2, 0.25) is 0 Å². The number of hydrogen-bond donors (Lipinski definition) is 1. The topological polar surface area (TPSA) is 75.4 Å². The van der Waals surface area contributed by atoms with Gasteiger partial charge in [-0.05, 0) is 38.5 Å². The summed E-state index contributed by atoms with van der Waals surface area (Å²) < 4.78 is 28.1. The summed E-state index contributed by atoms with van der Waals surface area (Å²) in [6.07, 6.45) is 2.73. The Morgan fingerprint density at radius 1 is 1.23 bits per heavy atom. The second kappa shape index (κ2) is 7.63. The van der Waals surface area contributed by atoms with E-state index in [1.165, 1.54) is 17.2 Å². The minimum Gasteiger partial charge on any atom is -0.481 e. The molecule has 2 aromatic rings. The van der Waals surface area contributed by atoms with Crippen LogP contribution in [0.5, 0.6) is 0 Å². The standard InChI is InChI=1S/C18H21F2N3O3/c1-18(2,3)23-11-13(9-21-23)17(26)22(7-6-16(24)25)10-12-4-5-14(19)15(20)8-12/h4-5,8-9,11H,6-7,10H2,1-3H3,(H,24,25). The van der Waals surface area contributed by atoms with Crippen molar-refractivity contribution in [2.45, 2.75) is 39.3 Å². The van der Waals surface area contributed by atoms with Crippen LogP contribution in [0, 0.1) is 11.6 Å². The van der Waals surface area contributed by atoms with Gasteiger partial charge in [0.15, 0.2) is 11.6 Å². The van der Waals surface area contributed by atoms with Crippen molar-refractivity contribution in [2.75, 3.05) is 6.54 Å². The van der Waals surface area contributed by atoms with Gasteiger partial charge in [0.1, 0.15) is 0 Å². The smallest absolute Gasteiger partial charge is 0.305 e. The number of carbonyl (C=O) groups excluding carboxylic acids is 1. The number of carboxylic acids is 1. The molecule has 1 N–H and O–H groups in total. The molecule has 0 aliphatic rings. The Bertz CT molecular complexity index is 812. The third-order valence-electron chi connectivity index (χ3n) is 3.76. The Morgan fingerprint density at radius 2 is 1.92 bits per heavy atom. The van der Waals surface area contributed by atoms with Crippen molar-refractivity contribution >= 4 is 11.9 Å². The Kier molecular flexibility index (Phi) is 5.74. The van der Waals surface area contributed by atoms with Crippen molar-refractivity contribution in [1.82, 2.24) is 14.7 Å². The maximum atomic E-state index is 13.4. The largest absolute Gasteiger partial charge is 0.481 e. The van der Waals surface area contributed by atoms with Crippen molar-refractivity contribution in [2.24, 2.45) is 0 Å². The molecule has 0 atom stereocenters. The summed E-state index contributed by atoms with van der Waals surface area (Å²) in [5.41, 5.74) is 0.351. The van der Waals surface area contributed by atoms with Crippen LogP contribution >= 0.6 is 0 Å². The molecule has 0 aliphatic heterocycles. The first-order chi connectivity index (χ1) is 12.1. The van der Waals surface area contributed by atoms with E-state index in [0.717, 1.165) is 12.1 Å². The number of rotatable bonds is 6. The molecular weight excluding hydrogens is 344 g/mol. The second-order valence-corrected chi connectivity index (χ2v) is 6.96. The molecule has 0 fully saturated rings. The SMILES string of the molecule is CC(C)(C)n1cc(C(=O)N(CCC(=O)O)Cc2ccc(F)c(F)c2)cn1. The van der Waals surface area contributed by atoms with Crippen LogP contribution in [0.3, 0.4) is 0 Å². The van der Waals surface area contributed by atoms with Gasteiger partial charge in [0.05, 0.1) is 23.7 Å². The van der Waals surface area contributed by atoms with E-state index in [-0.39, 0.29) is 25.0 Å². The van der Waals surface area contributed by atoms with E-state index in [0.29, 0.717) is 11.1 Å². The van der Waals surface area contributed by atoms with E-state index < -0.39 is 23.5 Å². The highest BCUT2D eigenvalue weighted by Crippen LogP contribution is 2.17. The molecule has 26 heavy (non-hydrogen) atoms. The van der Waals surface area contributed by atoms with E-state index in [1.807, 2.05) is 20.8 Å². The van der Waals surface area contributed by atoms with Crippen LogP contribution in [-0.4, -0.2) is 38.2 Å². The molecule has 0 unspecified atom stereocenters. The van der Waals surface area contributed by atoms with Crippen LogP contribution in [-0.2, 0) is 16.9 Å². The van der Waals surface area contributed by atoms with Gasteiger partial charge in [-0.1, -0.05) is 6.07 Å². The third-order valence-corrected chi connectivity index (χ3v) is 3.76. The van der Waals surface area contributed by atoms with Gasteiger partial charge in [-0.3, -0.25) is 14.3 Å². The number of carboxylic acid groups (broad SMARTS) is 1. The molecule has 1 heterocycles. The minimum atomic E-state index is -1.06. The fraction of sp³-hybridized carbons (Fsp3) is 0.389. The van der Waals surface area contributed by atoms with Crippen molar-refractivity contribution < 1.29 is 23.5 Å². The van der Waals surface area contributed by atoms with Crippen LogP contribution in [0.25, 0.3) is 0 Å².